The Hall–Kier alpha value is -1.81. The molecule has 1 aromatic carbocycles. The number of aryl methyl sites for hydroxylation is 2. The molecule has 140 valence electrons. The van der Waals surface area contributed by atoms with Gasteiger partial charge in [0.1, 0.15) is 5.57 Å². The van der Waals surface area contributed by atoms with Gasteiger partial charge in [0.2, 0.25) is 0 Å². The standard InChI is InChI=1S/C22H28O4/c1-4-14-11-13(2)12-17(15-5-6-15)18(14)19-20(23)22(26-21(19)24)9-7-16(25-3)8-10-22/h11-12,15-16,23H,4-10H2,1-3H3. The van der Waals surface area contributed by atoms with Crippen LogP contribution in [0.3, 0.4) is 0 Å². The highest BCUT2D eigenvalue weighted by molar-refractivity contribution is 6.20. The van der Waals surface area contributed by atoms with Crippen molar-refractivity contribution in [2.45, 2.75) is 76.4 Å². The van der Waals surface area contributed by atoms with Gasteiger partial charge in [-0.3, -0.25) is 0 Å². The van der Waals surface area contributed by atoms with Gasteiger partial charge in [-0.15, -0.1) is 0 Å². The molecule has 0 unspecified atom stereocenters. The minimum Gasteiger partial charge on any atom is -0.507 e. The number of aliphatic hydroxyl groups is 1. The van der Waals surface area contributed by atoms with Crippen LogP contribution in [0.2, 0.25) is 0 Å². The van der Waals surface area contributed by atoms with Crippen LogP contribution in [0.4, 0.5) is 0 Å². The normalized spacial score (nSPS) is 28.7. The molecule has 2 aliphatic carbocycles. The van der Waals surface area contributed by atoms with Crippen LogP contribution in [0.1, 0.15) is 73.6 Å². The van der Waals surface area contributed by atoms with Gasteiger partial charge in [0.05, 0.1) is 6.10 Å². The van der Waals surface area contributed by atoms with Gasteiger partial charge >= 0.3 is 5.97 Å². The molecule has 0 bridgehead atoms. The number of hydrogen-bond donors (Lipinski definition) is 1. The van der Waals surface area contributed by atoms with Gasteiger partial charge < -0.3 is 14.6 Å². The zero-order valence-corrected chi connectivity index (χ0v) is 15.9. The summed E-state index contributed by atoms with van der Waals surface area (Å²) in [5, 5.41) is 11.2. The lowest BCUT2D eigenvalue weighted by molar-refractivity contribution is -0.151. The third kappa shape index (κ3) is 2.75. The SMILES string of the molecule is CCc1cc(C)cc(C2CC2)c1C1=C(O)C2(CCC(OC)CC2)OC1=O. The predicted octanol–water partition coefficient (Wildman–Crippen LogP) is 4.59. The first-order valence-corrected chi connectivity index (χ1v) is 9.82. The summed E-state index contributed by atoms with van der Waals surface area (Å²) in [5.41, 5.74) is 4.07. The number of methoxy groups -OCH3 is 1. The van der Waals surface area contributed by atoms with E-state index in [0.29, 0.717) is 24.3 Å². The largest absolute Gasteiger partial charge is 0.507 e. The predicted molar refractivity (Wildman–Crippen MR) is 100 cm³/mol. The van der Waals surface area contributed by atoms with Crippen molar-refractivity contribution < 1.29 is 19.4 Å². The number of aliphatic hydroxyl groups excluding tert-OH is 1. The summed E-state index contributed by atoms with van der Waals surface area (Å²) in [7, 11) is 1.71. The molecular weight excluding hydrogens is 328 g/mol. The van der Waals surface area contributed by atoms with E-state index in [1.54, 1.807) is 7.11 Å². The van der Waals surface area contributed by atoms with Crippen molar-refractivity contribution in [3.63, 3.8) is 0 Å². The monoisotopic (exact) mass is 356 g/mol. The Morgan fingerprint density at radius 3 is 2.50 bits per heavy atom. The van der Waals surface area contributed by atoms with E-state index in [4.69, 9.17) is 9.47 Å². The van der Waals surface area contributed by atoms with Gasteiger partial charge in [-0.2, -0.15) is 0 Å². The molecule has 0 amide bonds. The minimum atomic E-state index is -0.849. The second kappa shape index (κ2) is 6.41. The topological polar surface area (TPSA) is 55.8 Å². The van der Waals surface area contributed by atoms with E-state index in [2.05, 4.69) is 26.0 Å². The molecule has 26 heavy (non-hydrogen) atoms. The Morgan fingerprint density at radius 2 is 1.92 bits per heavy atom. The van der Waals surface area contributed by atoms with Gasteiger partial charge in [0, 0.05) is 7.11 Å². The first kappa shape index (κ1) is 17.6. The van der Waals surface area contributed by atoms with Crippen LogP contribution < -0.4 is 0 Å². The Morgan fingerprint density at radius 1 is 1.23 bits per heavy atom. The molecule has 0 aromatic heterocycles. The number of carbonyl (C=O) groups is 1. The average Bonchev–Trinajstić information content (AvgIpc) is 3.44. The van der Waals surface area contributed by atoms with Crippen molar-refractivity contribution >= 4 is 11.5 Å². The first-order chi connectivity index (χ1) is 12.5. The highest BCUT2D eigenvalue weighted by Crippen LogP contribution is 2.50. The fourth-order valence-electron chi connectivity index (χ4n) is 4.65. The summed E-state index contributed by atoms with van der Waals surface area (Å²) in [6, 6.07) is 4.33. The van der Waals surface area contributed by atoms with E-state index in [9.17, 15) is 9.90 Å². The van der Waals surface area contributed by atoms with E-state index in [0.717, 1.165) is 43.2 Å². The van der Waals surface area contributed by atoms with E-state index < -0.39 is 5.60 Å². The van der Waals surface area contributed by atoms with Crippen molar-refractivity contribution in [1.82, 2.24) is 0 Å². The van der Waals surface area contributed by atoms with E-state index in [1.165, 1.54) is 11.1 Å². The maximum absolute atomic E-state index is 12.9. The van der Waals surface area contributed by atoms with Gasteiger partial charge in [0.15, 0.2) is 11.4 Å². The molecule has 1 spiro atoms. The van der Waals surface area contributed by atoms with Crippen LogP contribution in [-0.2, 0) is 20.7 Å². The Labute approximate surface area is 155 Å². The lowest BCUT2D eigenvalue weighted by atomic mass is 9.80. The fourth-order valence-corrected chi connectivity index (χ4v) is 4.65. The maximum atomic E-state index is 12.9. The molecule has 3 aliphatic rings. The molecule has 4 nitrogen and oxygen atoms in total. The van der Waals surface area contributed by atoms with E-state index >= 15 is 0 Å². The summed E-state index contributed by atoms with van der Waals surface area (Å²) in [5.74, 6) is 0.292. The van der Waals surface area contributed by atoms with Crippen LogP contribution in [0, 0.1) is 6.92 Å². The molecule has 0 radical (unpaired) electrons. The van der Waals surface area contributed by atoms with Crippen molar-refractivity contribution in [1.29, 1.82) is 0 Å². The average molecular weight is 356 g/mol. The molecule has 4 heteroatoms. The van der Waals surface area contributed by atoms with E-state index in [-0.39, 0.29) is 17.8 Å². The summed E-state index contributed by atoms with van der Waals surface area (Å²) < 4.78 is 11.3. The summed E-state index contributed by atoms with van der Waals surface area (Å²) in [6.07, 6.45) is 6.17. The quantitative estimate of drug-likeness (QED) is 0.802. The zero-order chi connectivity index (χ0) is 18.5. The highest BCUT2D eigenvalue weighted by atomic mass is 16.6. The summed E-state index contributed by atoms with van der Waals surface area (Å²) in [6.45, 7) is 4.20. The lowest BCUT2D eigenvalue weighted by Gasteiger charge is -2.35. The Bertz CT molecular complexity index is 765. The molecule has 1 N–H and O–H groups in total. The Balaban J connectivity index is 1.81. The number of hydrogen-bond acceptors (Lipinski definition) is 4. The van der Waals surface area contributed by atoms with Crippen LogP contribution in [-0.4, -0.2) is 29.9 Å². The molecule has 2 fully saturated rings. The minimum absolute atomic E-state index is 0.150. The zero-order valence-electron chi connectivity index (χ0n) is 15.9. The highest BCUT2D eigenvalue weighted by Gasteiger charge is 2.51. The summed E-state index contributed by atoms with van der Waals surface area (Å²) >= 11 is 0. The number of benzene rings is 1. The number of ether oxygens (including phenoxy) is 2. The number of carbonyl (C=O) groups excluding carboxylic acids is 1. The van der Waals surface area contributed by atoms with Crippen LogP contribution in [0.5, 0.6) is 0 Å². The molecule has 2 saturated carbocycles. The number of esters is 1. The van der Waals surface area contributed by atoms with Gasteiger partial charge in [-0.25, -0.2) is 4.79 Å². The number of rotatable bonds is 4. The summed E-state index contributed by atoms with van der Waals surface area (Å²) in [4.78, 5) is 12.9. The van der Waals surface area contributed by atoms with Gasteiger partial charge in [-0.05, 0) is 74.5 Å². The smallest absolute Gasteiger partial charge is 0.343 e. The molecular formula is C22H28O4. The third-order valence-electron chi connectivity index (χ3n) is 6.28. The molecule has 4 rings (SSSR count). The third-order valence-corrected chi connectivity index (χ3v) is 6.28. The van der Waals surface area contributed by atoms with Crippen molar-refractivity contribution in [3.8, 4) is 0 Å². The maximum Gasteiger partial charge on any atom is 0.343 e. The Kier molecular flexibility index (Phi) is 4.34. The van der Waals surface area contributed by atoms with Gasteiger partial charge in [-0.1, -0.05) is 24.6 Å². The second-order valence-electron chi connectivity index (χ2n) is 8.06. The molecule has 1 aromatic rings. The van der Waals surface area contributed by atoms with Crippen molar-refractivity contribution in [2.75, 3.05) is 7.11 Å². The molecule has 1 heterocycles. The lowest BCUT2D eigenvalue weighted by Crippen LogP contribution is -2.38. The van der Waals surface area contributed by atoms with Crippen LogP contribution in [0.25, 0.3) is 5.57 Å². The van der Waals surface area contributed by atoms with E-state index in [1.807, 2.05) is 0 Å². The van der Waals surface area contributed by atoms with Crippen molar-refractivity contribution in [2.24, 2.45) is 0 Å². The molecule has 1 aliphatic heterocycles. The van der Waals surface area contributed by atoms with Crippen LogP contribution in [0.15, 0.2) is 17.9 Å². The molecule has 0 saturated heterocycles. The fraction of sp³-hybridized carbons (Fsp3) is 0.591. The second-order valence-corrected chi connectivity index (χ2v) is 8.06. The van der Waals surface area contributed by atoms with Crippen LogP contribution >= 0.6 is 0 Å². The molecule has 0 atom stereocenters. The van der Waals surface area contributed by atoms with Crippen molar-refractivity contribution in [3.05, 3.63) is 40.1 Å². The van der Waals surface area contributed by atoms with Gasteiger partial charge in [0.25, 0.3) is 0 Å². The first-order valence-electron chi connectivity index (χ1n) is 9.82.